The first-order valence-corrected chi connectivity index (χ1v) is 11.5. The zero-order chi connectivity index (χ0) is 24.8. The number of rotatable bonds is 11. The van der Waals surface area contributed by atoms with Gasteiger partial charge in [0.05, 0.1) is 5.02 Å². The van der Waals surface area contributed by atoms with E-state index < -0.39 is 5.97 Å². The van der Waals surface area contributed by atoms with Gasteiger partial charge in [-0.1, -0.05) is 25.4 Å². The van der Waals surface area contributed by atoms with E-state index in [1.807, 2.05) is 6.07 Å². The maximum Gasteiger partial charge on any atom is 0.354 e. The lowest BCUT2D eigenvalue weighted by atomic mass is 10.3. The number of carboxylic acid groups (broad SMARTS) is 1. The molecule has 2 aromatic heterocycles. The molecule has 0 radical (unpaired) electrons. The van der Waals surface area contributed by atoms with E-state index >= 15 is 0 Å². The number of hydrogen-bond donors (Lipinski definition) is 2. The number of pyridine rings is 1. The van der Waals surface area contributed by atoms with Gasteiger partial charge in [0, 0.05) is 36.6 Å². The Balaban J connectivity index is 1.45. The third-order valence-corrected chi connectivity index (χ3v) is 5.60. The summed E-state index contributed by atoms with van der Waals surface area (Å²) in [4.78, 5) is 21.6. The fourth-order valence-electron chi connectivity index (χ4n) is 3.39. The van der Waals surface area contributed by atoms with Crippen molar-refractivity contribution in [2.45, 2.75) is 13.8 Å². The van der Waals surface area contributed by atoms with Crippen molar-refractivity contribution in [3.63, 3.8) is 0 Å². The number of benzene rings is 2. The van der Waals surface area contributed by atoms with E-state index in [1.165, 1.54) is 12.3 Å². The Bertz CT molecular complexity index is 1320. The van der Waals surface area contributed by atoms with Gasteiger partial charge in [0.15, 0.2) is 11.3 Å². The molecule has 182 valence electrons. The van der Waals surface area contributed by atoms with E-state index in [4.69, 9.17) is 30.6 Å². The molecule has 0 fully saturated rings. The minimum absolute atomic E-state index is 0.101. The summed E-state index contributed by atoms with van der Waals surface area (Å²) in [6.07, 6.45) is 1.38. The van der Waals surface area contributed by atoms with E-state index in [1.54, 1.807) is 36.4 Å². The van der Waals surface area contributed by atoms with Crippen LogP contribution in [0, 0.1) is 0 Å². The van der Waals surface area contributed by atoms with Gasteiger partial charge in [0.25, 0.3) is 6.01 Å². The van der Waals surface area contributed by atoms with Crippen LogP contribution in [0.15, 0.2) is 59.1 Å². The van der Waals surface area contributed by atoms with Gasteiger partial charge >= 0.3 is 5.97 Å². The molecule has 0 bridgehead atoms. The second kappa shape index (κ2) is 11.1. The number of nitrogens with zero attached hydrogens (tertiary/aromatic N) is 3. The van der Waals surface area contributed by atoms with Crippen LogP contribution in [0.5, 0.6) is 17.2 Å². The molecule has 0 aliphatic carbocycles. The van der Waals surface area contributed by atoms with Gasteiger partial charge in [-0.2, -0.15) is 4.98 Å². The molecule has 4 rings (SSSR count). The molecule has 0 aliphatic rings. The summed E-state index contributed by atoms with van der Waals surface area (Å²) in [5.74, 6) is 0.287. The van der Waals surface area contributed by atoms with Gasteiger partial charge < -0.3 is 29.2 Å². The lowest BCUT2D eigenvalue weighted by Gasteiger charge is -2.18. The third-order valence-electron chi connectivity index (χ3n) is 5.29. The fourth-order valence-corrected chi connectivity index (χ4v) is 3.56. The van der Waals surface area contributed by atoms with Crippen molar-refractivity contribution in [2.24, 2.45) is 0 Å². The van der Waals surface area contributed by atoms with Crippen LogP contribution in [0.25, 0.3) is 11.1 Å². The topological polar surface area (TPSA) is 110 Å². The van der Waals surface area contributed by atoms with Crippen LogP contribution in [-0.4, -0.2) is 52.2 Å². The highest BCUT2D eigenvalue weighted by Gasteiger charge is 2.11. The number of aromatic nitrogens is 2. The number of likely N-dealkylation sites (N-methyl/N-ethyl adjacent to an activating group) is 1. The predicted molar refractivity (Wildman–Crippen MR) is 133 cm³/mol. The van der Waals surface area contributed by atoms with Crippen LogP contribution in [0.1, 0.15) is 24.3 Å². The highest BCUT2D eigenvalue weighted by molar-refractivity contribution is 6.32. The van der Waals surface area contributed by atoms with Crippen molar-refractivity contribution in [3.8, 4) is 17.2 Å². The van der Waals surface area contributed by atoms with E-state index in [2.05, 4.69) is 34.0 Å². The average molecular weight is 497 g/mol. The molecule has 0 aliphatic heterocycles. The summed E-state index contributed by atoms with van der Waals surface area (Å²) >= 11 is 6.30. The molecule has 2 aromatic carbocycles. The fraction of sp³-hybridized carbons (Fsp3) is 0.240. The SMILES string of the molecule is CCN(CC)CCOc1cc(Nc2nc3cc(Oc4ccnc(C(=O)O)c4)ccc3o2)ccc1Cl. The second-order valence-electron chi connectivity index (χ2n) is 7.58. The number of ether oxygens (including phenoxy) is 2. The van der Waals surface area contributed by atoms with Gasteiger partial charge in [0.1, 0.15) is 29.4 Å². The number of aromatic carboxylic acids is 1. The number of hydrogen-bond acceptors (Lipinski definition) is 8. The van der Waals surface area contributed by atoms with Crippen molar-refractivity contribution in [2.75, 3.05) is 31.6 Å². The van der Waals surface area contributed by atoms with Gasteiger partial charge in [-0.3, -0.25) is 0 Å². The minimum atomic E-state index is -1.13. The summed E-state index contributed by atoms with van der Waals surface area (Å²) in [5, 5.41) is 12.7. The first kappa shape index (κ1) is 24.3. The lowest BCUT2D eigenvalue weighted by molar-refractivity contribution is 0.0690. The Morgan fingerprint density at radius 1 is 1.11 bits per heavy atom. The Kier molecular flexibility index (Phi) is 7.69. The number of fused-ring (bicyclic) bond motifs is 1. The molecule has 0 saturated carbocycles. The molecule has 4 aromatic rings. The molecule has 10 heteroatoms. The molecule has 0 spiro atoms. The highest BCUT2D eigenvalue weighted by atomic mass is 35.5. The summed E-state index contributed by atoms with van der Waals surface area (Å²) in [6, 6.07) is 13.7. The third kappa shape index (κ3) is 6.20. The Morgan fingerprint density at radius 3 is 2.69 bits per heavy atom. The van der Waals surface area contributed by atoms with Crippen LogP contribution in [0.2, 0.25) is 5.02 Å². The largest absolute Gasteiger partial charge is 0.491 e. The van der Waals surface area contributed by atoms with Crippen LogP contribution in [-0.2, 0) is 0 Å². The zero-order valence-electron chi connectivity index (χ0n) is 19.3. The van der Waals surface area contributed by atoms with Crippen molar-refractivity contribution >= 4 is 40.4 Å². The number of nitrogens with one attached hydrogen (secondary N) is 1. The molecule has 0 atom stereocenters. The van der Waals surface area contributed by atoms with Gasteiger partial charge in [-0.25, -0.2) is 9.78 Å². The monoisotopic (exact) mass is 496 g/mol. The number of carbonyl (C=O) groups is 1. The summed E-state index contributed by atoms with van der Waals surface area (Å²) < 4.78 is 17.4. The quantitative estimate of drug-likeness (QED) is 0.265. The van der Waals surface area contributed by atoms with Gasteiger partial charge in [0.2, 0.25) is 0 Å². The Labute approximate surface area is 207 Å². The van der Waals surface area contributed by atoms with Crippen LogP contribution in [0.4, 0.5) is 11.7 Å². The van der Waals surface area contributed by atoms with Crippen LogP contribution < -0.4 is 14.8 Å². The molecule has 35 heavy (non-hydrogen) atoms. The predicted octanol–water partition coefficient (Wildman–Crippen LogP) is 5.83. The van der Waals surface area contributed by atoms with Gasteiger partial charge in [-0.15, -0.1) is 0 Å². The van der Waals surface area contributed by atoms with E-state index in [9.17, 15) is 4.79 Å². The molecule has 2 heterocycles. The standard InChI is InChI=1S/C25H25ClN4O5/c1-3-30(4-2)11-12-33-23-13-16(5-7-19(23)26)28-25-29-20-14-17(6-8-22(20)35-25)34-18-9-10-27-21(15-18)24(31)32/h5-10,13-15H,3-4,11-12H2,1-2H3,(H,28,29)(H,31,32). The molecular formula is C25H25ClN4O5. The molecule has 0 amide bonds. The maximum absolute atomic E-state index is 11.1. The van der Waals surface area contributed by atoms with E-state index in [0.717, 1.165) is 19.6 Å². The number of halogens is 1. The molecule has 9 nitrogen and oxygen atoms in total. The molecule has 0 unspecified atom stereocenters. The van der Waals surface area contributed by atoms with E-state index in [-0.39, 0.29) is 5.69 Å². The normalized spacial score (nSPS) is 11.1. The second-order valence-corrected chi connectivity index (χ2v) is 7.99. The molecule has 0 saturated heterocycles. The Hall–Kier alpha value is -3.82. The zero-order valence-corrected chi connectivity index (χ0v) is 20.1. The van der Waals surface area contributed by atoms with Crippen LogP contribution in [0.3, 0.4) is 0 Å². The maximum atomic E-state index is 11.1. The van der Waals surface area contributed by atoms with Crippen molar-refractivity contribution < 1.29 is 23.8 Å². The smallest absolute Gasteiger partial charge is 0.354 e. The minimum Gasteiger partial charge on any atom is -0.491 e. The van der Waals surface area contributed by atoms with Crippen molar-refractivity contribution in [1.29, 1.82) is 0 Å². The highest BCUT2D eigenvalue weighted by Crippen LogP contribution is 2.31. The first-order chi connectivity index (χ1) is 16.9. The van der Waals surface area contributed by atoms with Gasteiger partial charge in [-0.05, 0) is 43.4 Å². The summed E-state index contributed by atoms with van der Waals surface area (Å²) in [6.45, 7) is 7.50. The molecular weight excluding hydrogens is 472 g/mol. The lowest BCUT2D eigenvalue weighted by Crippen LogP contribution is -2.27. The summed E-state index contributed by atoms with van der Waals surface area (Å²) in [7, 11) is 0. The average Bonchev–Trinajstić information content (AvgIpc) is 3.25. The summed E-state index contributed by atoms with van der Waals surface area (Å²) in [5.41, 5.74) is 1.75. The van der Waals surface area contributed by atoms with E-state index in [0.29, 0.717) is 51.7 Å². The van der Waals surface area contributed by atoms with Crippen LogP contribution >= 0.6 is 11.6 Å². The first-order valence-electron chi connectivity index (χ1n) is 11.1. The number of oxazole rings is 1. The molecule has 2 N–H and O–H groups in total. The van der Waals surface area contributed by atoms with Crippen molar-refractivity contribution in [1.82, 2.24) is 14.9 Å². The Morgan fingerprint density at radius 2 is 1.91 bits per heavy atom. The number of carboxylic acids is 1. The van der Waals surface area contributed by atoms with Crippen molar-refractivity contribution in [3.05, 3.63) is 65.4 Å². The number of anilines is 2.